The first-order valence-electron chi connectivity index (χ1n) is 11.8. The number of carbonyl (C=O) groups excluding carboxylic acids is 2. The maximum atomic E-state index is 13.4. The van der Waals surface area contributed by atoms with Gasteiger partial charge < -0.3 is 9.80 Å². The molecule has 0 bridgehead atoms. The zero-order valence-corrected chi connectivity index (χ0v) is 19.3. The summed E-state index contributed by atoms with van der Waals surface area (Å²) in [5.41, 5.74) is 4.23. The summed E-state index contributed by atoms with van der Waals surface area (Å²) in [5, 5.41) is 4.76. The molecule has 1 aromatic heterocycles. The molecule has 1 fully saturated rings. The Morgan fingerprint density at radius 2 is 1.42 bits per heavy atom. The number of aromatic nitrogens is 2. The number of benzene rings is 2. The molecule has 170 valence electrons. The monoisotopic (exact) mass is 442 g/mol. The maximum absolute atomic E-state index is 13.4. The van der Waals surface area contributed by atoms with Crippen molar-refractivity contribution in [2.45, 2.75) is 38.5 Å². The van der Waals surface area contributed by atoms with Gasteiger partial charge in [0.25, 0.3) is 5.91 Å². The second-order valence-electron chi connectivity index (χ2n) is 9.45. The third-order valence-electron chi connectivity index (χ3n) is 7.02. The molecule has 0 spiro atoms. The number of fused-ring (bicyclic) bond motifs is 1. The van der Waals surface area contributed by atoms with E-state index in [4.69, 9.17) is 5.10 Å². The van der Waals surface area contributed by atoms with E-state index in [1.54, 1.807) is 0 Å². The summed E-state index contributed by atoms with van der Waals surface area (Å²) >= 11 is 0. The number of rotatable bonds is 4. The van der Waals surface area contributed by atoms with Gasteiger partial charge in [0.15, 0.2) is 5.69 Å². The van der Waals surface area contributed by atoms with Crippen molar-refractivity contribution >= 4 is 11.8 Å². The molecule has 1 aliphatic heterocycles. The van der Waals surface area contributed by atoms with Gasteiger partial charge in [0, 0.05) is 37.4 Å². The van der Waals surface area contributed by atoms with Crippen molar-refractivity contribution in [1.29, 1.82) is 0 Å². The number of para-hydroxylation sites is 1. The molecule has 2 aliphatic rings. The summed E-state index contributed by atoms with van der Waals surface area (Å²) < 4.78 is 1.94. The van der Waals surface area contributed by atoms with Gasteiger partial charge in [0.1, 0.15) is 0 Å². The van der Waals surface area contributed by atoms with Crippen LogP contribution in [0.5, 0.6) is 0 Å². The first kappa shape index (κ1) is 21.4. The largest absolute Gasteiger partial charge is 0.338 e. The molecule has 0 atom stereocenters. The van der Waals surface area contributed by atoms with Crippen LogP contribution >= 0.6 is 0 Å². The molecule has 3 aromatic rings. The van der Waals surface area contributed by atoms with Crippen LogP contribution in [0.15, 0.2) is 60.7 Å². The van der Waals surface area contributed by atoms with Crippen molar-refractivity contribution in [3.05, 3.63) is 83.2 Å². The van der Waals surface area contributed by atoms with Crippen LogP contribution in [0.3, 0.4) is 0 Å². The SMILES string of the molecule is CC(C)(C(=O)N1CCN(C(=O)c2nn(-c3ccccc3)c3c2CCC3)CC1)c1ccccc1. The Morgan fingerprint density at radius 1 is 0.818 bits per heavy atom. The van der Waals surface area contributed by atoms with E-state index in [0.717, 1.165) is 41.8 Å². The highest BCUT2D eigenvalue weighted by atomic mass is 16.2. The van der Waals surface area contributed by atoms with Gasteiger partial charge in [-0.05, 0) is 50.8 Å². The minimum Gasteiger partial charge on any atom is -0.338 e. The summed E-state index contributed by atoms with van der Waals surface area (Å²) in [6.07, 6.45) is 2.89. The average molecular weight is 443 g/mol. The number of piperazine rings is 1. The molecule has 33 heavy (non-hydrogen) atoms. The van der Waals surface area contributed by atoms with E-state index in [1.807, 2.05) is 89.0 Å². The van der Waals surface area contributed by atoms with Gasteiger partial charge >= 0.3 is 0 Å². The van der Waals surface area contributed by atoms with E-state index in [-0.39, 0.29) is 11.8 Å². The van der Waals surface area contributed by atoms with Crippen molar-refractivity contribution in [3.8, 4) is 5.69 Å². The van der Waals surface area contributed by atoms with E-state index in [2.05, 4.69) is 0 Å². The molecule has 2 aromatic carbocycles. The molecule has 2 amide bonds. The Hall–Kier alpha value is -3.41. The summed E-state index contributed by atoms with van der Waals surface area (Å²) in [6.45, 7) is 6.10. The Morgan fingerprint density at radius 3 is 2.09 bits per heavy atom. The van der Waals surface area contributed by atoms with Gasteiger partial charge in [-0.1, -0.05) is 48.5 Å². The van der Waals surface area contributed by atoms with Crippen LogP contribution in [0, 0.1) is 0 Å². The average Bonchev–Trinajstić information content (AvgIpc) is 3.47. The zero-order valence-electron chi connectivity index (χ0n) is 19.3. The summed E-state index contributed by atoms with van der Waals surface area (Å²) in [7, 11) is 0. The minimum atomic E-state index is -0.595. The van der Waals surface area contributed by atoms with E-state index < -0.39 is 5.41 Å². The van der Waals surface area contributed by atoms with Crippen LogP contribution in [0.4, 0.5) is 0 Å². The molecule has 6 nitrogen and oxygen atoms in total. The first-order valence-corrected chi connectivity index (χ1v) is 11.8. The summed E-state index contributed by atoms with van der Waals surface area (Å²) in [6, 6.07) is 19.9. The minimum absolute atomic E-state index is 0.0164. The van der Waals surface area contributed by atoms with Crippen molar-refractivity contribution in [2.75, 3.05) is 26.2 Å². The molecular weight excluding hydrogens is 412 g/mol. The fourth-order valence-corrected chi connectivity index (χ4v) is 5.03. The number of hydrogen-bond donors (Lipinski definition) is 0. The fraction of sp³-hybridized carbons (Fsp3) is 0.370. The molecule has 0 saturated carbocycles. The Labute approximate surface area is 194 Å². The lowest BCUT2D eigenvalue weighted by Crippen LogP contribution is -2.54. The van der Waals surface area contributed by atoms with E-state index in [9.17, 15) is 9.59 Å². The third kappa shape index (κ3) is 3.84. The van der Waals surface area contributed by atoms with Crippen LogP contribution in [0.1, 0.15) is 47.6 Å². The van der Waals surface area contributed by atoms with Crippen LogP contribution in [-0.4, -0.2) is 57.6 Å². The Balaban J connectivity index is 1.30. The summed E-state index contributed by atoms with van der Waals surface area (Å²) in [4.78, 5) is 30.5. The molecule has 1 saturated heterocycles. The van der Waals surface area contributed by atoms with Crippen LogP contribution in [0.25, 0.3) is 5.69 Å². The second kappa shape index (κ2) is 8.50. The maximum Gasteiger partial charge on any atom is 0.274 e. The molecule has 0 radical (unpaired) electrons. The predicted molar refractivity (Wildman–Crippen MR) is 128 cm³/mol. The van der Waals surface area contributed by atoms with Crippen LogP contribution in [-0.2, 0) is 23.1 Å². The van der Waals surface area contributed by atoms with Gasteiger partial charge in [-0.15, -0.1) is 0 Å². The molecule has 1 aliphatic carbocycles. The number of nitrogens with zero attached hydrogens (tertiary/aromatic N) is 4. The van der Waals surface area contributed by atoms with Crippen molar-refractivity contribution < 1.29 is 9.59 Å². The van der Waals surface area contributed by atoms with Crippen molar-refractivity contribution in [3.63, 3.8) is 0 Å². The van der Waals surface area contributed by atoms with Gasteiger partial charge in [-0.25, -0.2) is 4.68 Å². The smallest absolute Gasteiger partial charge is 0.274 e. The molecule has 2 heterocycles. The molecule has 6 heteroatoms. The molecule has 0 unspecified atom stereocenters. The number of hydrogen-bond acceptors (Lipinski definition) is 3. The second-order valence-corrected chi connectivity index (χ2v) is 9.45. The Bertz CT molecular complexity index is 1160. The standard InChI is InChI=1S/C27H30N4O2/c1-27(2,20-10-5-3-6-11-20)26(33)30-18-16-29(17-19-30)25(32)24-22-14-9-15-23(22)31(28-24)21-12-7-4-8-13-21/h3-8,10-13H,9,14-19H2,1-2H3. The molecular formula is C27H30N4O2. The molecule has 0 N–H and O–H groups in total. The number of amides is 2. The predicted octanol–water partition coefficient (Wildman–Crippen LogP) is 3.62. The highest BCUT2D eigenvalue weighted by Crippen LogP contribution is 2.29. The number of carbonyl (C=O) groups is 2. The fourth-order valence-electron chi connectivity index (χ4n) is 5.03. The van der Waals surface area contributed by atoms with Crippen LogP contribution in [0.2, 0.25) is 0 Å². The van der Waals surface area contributed by atoms with Crippen molar-refractivity contribution in [2.24, 2.45) is 0 Å². The van der Waals surface area contributed by atoms with E-state index in [0.29, 0.717) is 31.9 Å². The zero-order chi connectivity index (χ0) is 23.0. The summed E-state index contributed by atoms with van der Waals surface area (Å²) in [5.74, 6) is 0.0901. The van der Waals surface area contributed by atoms with Gasteiger partial charge in [-0.3, -0.25) is 9.59 Å². The van der Waals surface area contributed by atoms with Gasteiger partial charge in [0.2, 0.25) is 5.91 Å². The van der Waals surface area contributed by atoms with Crippen molar-refractivity contribution in [1.82, 2.24) is 19.6 Å². The third-order valence-corrected chi connectivity index (χ3v) is 7.02. The lowest BCUT2D eigenvalue weighted by molar-refractivity contribution is -0.137. The lowest BCUT2D eigenvalue weighted by Gasteiger charge is -2.38. The first-order chi connectivity index (χ1) is 16.0. The van der Waals surface area contributed by atoms with E-state index >= 15 is 0 Å². The van der Waals surface area contributed by atoms with Crippen LogP contribution < -0.4 is 0 Å². The van der Waals surface area contributed by atoms with Gasteiger partial charge in [0.05, 0.1) is 11.1 Å². The quantitative estimate of drug-likeness (QED) is 0.620. The Kier molecular flexibility index (Phi) is 5.52. The normalized spacial score (nSPS) is 16.1. The lowest BCUT2D eigenvalue weighted by atomic mass is 9.83. The van der Waals surface area contributed by atoms with Gasteiger partial charge in [-0.2, -0.15) is 5.10 Å². The highest BCUT2D eigenvalue weighted by molar-refractivity contribution is 5.95. The van der Waals surface area contributed by atoms with E-state index in [1.165, 1.54) is 0 Å². The topological polar surface area (TPSA) is 58.4 Å². The molecule has 5 rings (SSSR count). The highest BCUT2D eigenvalue weighted by Gasteiger charge is 2.37.